The molecule has 4 rings (SSSR count). The minimum atomic E-state index is -0.412. The zero-order valence-electron chi connectivity index (χ0n) is 19.3. The van der Waals surface area contributed by atoms with Crippen LogP contribution >= 0.6 is 0 Å². The molecule has 0 unspecified atom stereocenters. The van der Waals surface area contributed by atoms with Gasteiger partial charge < -0.3 is 9.88 Å². The van der Waals surface area contributed by atoms with E-state index in [1.54, 1.807) is 12.4 Å². The number of hydrogen-bond donors (Lipinski definition) is 1. The molecule has 0 saturated carbocycles. The summed E-state index contributed by atoms with van der Waals surface area (Å²) < 4.78 is 2.02. The quantitative estimate of drug-likeness (QED) is 0.452. The second-order valence-corrected chi connectivity index (χ2v) is 8.39. The number of pyridine rings is 2. The number of anilines is 1. The molecule has 1 N–H and O–H groups in total. The maximum Gasteiger partial charge on any atom is 0.261 e. The Balaban J connectivity index is 1.92. The van der Waals surface area contributed by atoms with Gasteiger partial charge in [-0.05, 0) is 68.1 Å². The maximum atomic E-state index is 13.6. The van der Waals surface area contributed by atoms with Crippen LogP contribution in [0.4, 0.5) is 5.69 Å². The second kappa shape index (κ2) is 9.25. The van der Waals surface area contributed by atoms with Crippen molar-refractivity contribution in [3.05, 3.63) is 117 Å². The highest BCUT2D eigenvalue weighted by Crippen LogP contribution is 2.27. The molecule has 2 heterocycles. The van der Waals surface area contributed by atoms with Crippen LogP contribution in [0.25, 0.3) is 11.3 Å². The number of amides is 1. The summed E-state index contributed by atoms with van der Waals surface area (Å²) in [5, 5.41) is 2.98. The number of rotatable bonds is 5. The summed E-state index contributed by atoms with van der Waals surface area (Å²) in [6.45, 7) is 8.34. The first-order valence-electron chi connectivity index (χ1n) is 10.9. The molecule has 2 aromatic heterocycles. The molecule has 0 aliphatic heterocycles. The molecular weight excluding hydrogens is 410 g/mol. The minimum Gasteiger partial charge on any atom is -0.340 e. The minimum absolute atomic E-state index is 0.135. The average molecular weight is 438 g/mol. The van der Waals surface area contributed by atoms with Gasteiger partial charge in [-0.25, -0.2) is 0 Å². The molecule has 1 amide bonds. The predicted octanol–water partition coefficient (Wildman–Crippen LogP) is 5.44. The average Bonchev–Trinajstić information content (AvgIpc) is 2.79. The Morgan fingerprint density at radius 3 is 2.48 bits per heavy atom. The normalized spacial score (nSPS) is 10.8. The van der Waals surface area contributed by atoms with E-state index in [9.17, 15) is 9.59 Å². The second-order valence-electron chi connectivity index (χ2n) is 8.39. The fourth-order valence-electron chi connectivity index (χ4n) is 4.03. The first-order chi connectivity index (χ1) is 15.8. The lowest BCUT2D eigenvalue weighted by molar-refractivity contribution is 0.102. The first-order valence-corrected chi connectivity index (χ1v) is 10.9. The van der Waals surface area contributed by atoms with Crippen LogP contribution in [0.3, 0.4) is 0 Å². The molecule has 0 radical (unpaired) electrons. The van der Waals surface area contributed by atoms with Crippen molar-refractivity contribution >= 4 is 11.6 Å². The fraction of sp³-hybridized carbons (Fsp3) is 0.179. The molecule has 33 heavy (non-hydrogen) atoms. The van der Waals surface area contributed by atoms with Crippen LogP contribution in [-0.4, -0.2) is 15.5 Å². The summed E-state index contributed by atoms with van der Waals surface area (Å²) >= 11 is 0. The highest BCUT2D eigenvalue weighted by atomic mass is 16.2. The summed E-state index contributed by atoms with van der Waals surface area (Å²) in [7, 11) is 0. The van der Waals surface area contributed by atoms with Crippen molar-refractivity contribution in [2.24, 2.45) is 0 Å². The summed E-state index contributed by atoms with van der Waals surface area (Å²) in [4.78, 5) is 31.0. The number of carbonyl (C=O) groups excluding carboxylic acids is 1. The van der Waals surface area contributed by atoms with Crippen molar-refractivity contribution < 1.29 is 4.79 Å². The number of nitrogens with one attached hydrogen (secondary N) is 1. The largest absolute Gasteiger partial charge is 0.340 e. The van der Waals surface area contributed by atoms with Gasteiger partial charge in [0.15, 0.2) is 5.43 Å². The Labute approximate surface area is 193 Å². The SMILES string of the molecule is Cc1cccc(-c2c(C(=O)Nc3cccc(C)c3C)c(=O)cc(C)n2Cc2cccnc2)c1. The van der Waals surface area contributed by atoms with Crippen LogP contribution in [0.5, 0.6) is 0 Å². The van der Waals surface area contributed by atoms with E-state index in [1.807, 2.05) is 86.9 Å². The lowest BCUT2D eigenvalue weighted by Crippen LogP contribution is -2.27. The molecule has 0 atom stereocenters. The van der Waals surface area contributed by atoms with Gasteiger partial charge in [-0.3, -0.25) is 14.6 Å². The lowest BCUT2D eigenvalue weighted by Gasteiger charge is -2.21. The molecule has 0 fully saturated rings. The molecule has 4 aromatic rings. The molecule has 5 nitrogen and oxygen atoms in total. The Morgan fingerprint density at radius 1 is 0.970 bits per heavy atom. The number of carbonyl (C=O) groups is 1. The molecular formula is C28H27N3O2. The van der Waals surface area contributed by atoms with E-state index < -0.39 is 5.91 Å². The standard InChI is InChI=1S/C28H27N3O2/c1-18-8-5-11-23(14-18)27-26(28(33)30-24-12-6-9-19(2)21(24)4)25(32)15-20(3)31(27)17-22-10-7-13-29-16-22/h5-16H,17H2,1-4H3,(H,30,33). The molecule has 5 heteroatoms. The zero-order valence-corrected chi connectivity index (χ0v) is 19.3. The zero-order chi connectivity index (χ0) is 23.5. The smallest absolute Gasteiger partial charge is 0.261 e. The third-order valence-electron chi connectivity index (χ3n) is 5.95. The number of hydrogen-bond acceptors (Lipinski definition) is 3. The Kier molecular flexibility index (Phi) is 6.22. The van der Waals surface area contributed by atoms with Crippen molar-refractivity contribution in [2.75, 3.05) is 5.32 Å². The molecule has 0 aliphatic rings. The molecule has 0 spiro atoms. The fourth-order valence-corrected chi connectivity index (χ4v) is 4.03. The summed E-state index contributed by atoms with van der Waals surface area (Å²) in [6.07, 6.45) is 3.53. The Bertz CT molecular complexity index is 1390. The van der Waals surface area contributed by atoms with Crippen molar-refractivity contribution in [1.82, 2.24) is 9.55 Å². The first kappa shape index (κ1) is 22.2. The number of nitrogens with zero attached hydrogens (tertiary/aromatic N) is 2. The summed E-state index contributed by atoms with van der Waals surface area (Å²) in [5.41, 5.74) is 6.84. The maximum absolute atomic E-state index is 13.6. The number of aromatic nitrogens is 2. The van der Waals surface area contributed by atoms with E-state index in [0.717, 1.165) is 33.5 Å². The van der Waals surface area contributed by atoms with E-state index in [2.05, 4.69) is 10.3 Å². The highest BCUT2D eigenvalue weighted by Gasteiger charge is 2.22. The summed E-state index contributed by atoms with van der Waals surface area (Å²) in [6, 6.07) is 19.0. The van der Waals surface area contributed by atoms with Crippen LogP contribution in [0, 0.1) is 27.7 Å². The molecule has 2 aromatic carbocycles. The van der Waals surface area contributed by atoms with Gasteiger partial charge in [0.25, 0.3) is 5.91 Å². The summed E-state index contributed by atoms with van der Waals surface area (Å²) in [5.74, 6) is -0.412. The van der Waals surface area contributed by atoms with Crippen LogP contribution < -0.4 is 10.7 Å². The van der Waals surface area contributed by atoms with Crippen molar-refractivity contribution in [3.8, 4) is 11.3 Å². The lowest BCUT2D eigenvalue weighted by atomic mass is 10.0. The van der Waals surface area contributed by atoms with Crippen LogP contribution in [0.2, 0.25) is 0 Å². The van der Waals surface area contributed by atoms with Crippen LogP contribution in [0.15, 0.2) is 77.9 Å². The molecule has 0 saturated heterocycles. The van der Waals surface area contributed by atoms with Crippen molar-refractivity contribution in [1.29, 1.82) is 0 Å². The van der Waals surface area contributed by atoms with E-state index in [4.69, 9.17) is 0 Å². The van der Waals surface area contributed by atoms with E-state index in [-0.39, 0.29) is 11.0 Å². The van der Waals surface area contributed by atoms with Gasteiger partial charge in [0.05, 0.1) is 5.69 Å². The third kappa shape index (κ3) is 4.62. The van der Waals surface area contributed by atoms with Gasteiger partial charge in [-0.2, -0.15) is 0 Å². The third-order valence-corrected chi connectivity index (χ3v) is 5.95. The van der Waals surface area contributed by atoms with Gasteiger partial charge in [0, 0.05) is 36.4 Å². The molecule has 0 aliphatic carbocycles. The Hall–Kier alpha value is -3.99. The van der Waals surface area contributed by atoms with Gasteiger partial charge in [0.2, 0.25) is 0 Å². The van der Waals surface area contributed by atoms with Gasteiger partial charge in [-0.1, -0.05) is 42.0 Å². The monoisotopic (exact) mass is 437 g/mol. The van der Waals surface area contributed by atoms with Gasteiger partial charge in [0.1, 0.15) is 5.56 Å². The topological polar surface area (TPSA) is 64.0 Å². The molecule has 0 bridgehead atoms. The van der Waals surface area contributed by atoms with Gasteiger partial charge in [-0.15, -0.1) is 0 Å². The van der Waals surface area contributed by atoms with Crippen LogP contribution in [0.1, 0.15) is 38.3 Å². The van der Waals surface area contributed by atoms with Gasteiger partial charge >= 0.3 is 0 Å². The molecule has 166 valence electrons. The van der Waals surface area contributed by atoms with Crippen molar-refractivity contribution in [2.45, 2.75) is 34.2 Å². The predicted molar refractivity (Wildman–Crippen MR) is 133 cm³/mol. The van der Waals surface area contributed by atoms with E-state index in [1.165, 1.54) is 6.07 Å². The van der Waals surface area contributed by atoms with Crippen LogP contribution in [-0.2, 0) is 6.54 Å². The number of aryl methyl sites for hydroxylation is 3. The number of benzene rings is 2. The highest BCUT2D eigenvalue weighted by molar-refractivity contribution is 6.08. The van der Waals surface area contributed by atoms with E-state index >= 15 is 0 Å². The van der Waals surface area contributed by atoms with Crippen molar-refractivity contribution in [3.63, 3.8) is 0 Å². The Morgan fingerprint density at radius 2 is 1.76 bits per heavy atom. The van der Waals surface area contributed by atoms with E-state index in [0.29, 0.717) is 17.9 Å².